The first-order chi connectivity index (χ1) is 12.1. The Hall–Kier alpha value is -3.22. The van der Waals surface area contributed by atoms with Gasteiger partial charge in [0.05, 0.1) is 11.2 Å². The van der Waals surface area contributed by atoms with E-state index in [1.165, 1.54) is 0 Å². The lowest BCUT2D eigenvalue weighted by Gasteiger charge is -2.03. The Labute approximate surface area is 144 Å². The van der Waals surface area contributed by atoms with Crippen molar-refractivity contribution in [3.8, 4) is 11.4 Å². The van der Waals surface area contributed by atoms with Gasteiger partial charge in [0.2, 0.25) is 11.8 Å². The van der Waals surface area contributed by atoms with E-state index in [0.29, 0.717) is 12.1 Å². The Morgan fingerprint density at radius 3 is 2.76 bits per heavy atom. The SMILES string of the molecule is CCCCC(=O)Nc1onc(-c2ccc3ccccc3n2)c1C(N)=O. The molecule has 0 aliphatic carbocycles. The summed E-state index contributed by atoms with van der Waals surface area (Å²) in [6.45, 7) is 1.99. The normalized spacial score (nSPS) is 10.8. The third-order valence-electron chi connectivity index (χ3n) is 3.79. The first-order valence-corrected chi connectivity index (χ1v) is 8.05. The van der Waals surface area contributed by atoms with Crippen molar-refractivity contribution in [1.29, 1.82) is 0 Å². The number of benzene rings is 1. The van der Waals surface area contributed by atoms with E-state index in [-0.39, 0.29) is 23.0 Å². The molecule has 0 radical (unpaired) electrons. The molecule has 0 saturated heterocycles. The van der Waals surface area contributed by atoms with Crippen LogP contribution >= 0.6 is 0 Å². The number of fused-ring (bicyclic) bond motifs is 1. The van der Waals surface area contributed by atoms with E-state index >= 15 is 0 Å². The predicted octanol–water partition coefficient (Wildman–Crippen LogP) is 3.12. The molecule has 2 amide bonds. The summed E-state index contributed by atoms with van der Waals surface area (Å²) in [5.41, 5.74) is 6.91. The number of nitrogens with one attached hydrogen (secondary N) is 1. The van der Waals surface area contributed by atoms with Gasteiger partial charge in [0.25, 0.3) is 5.91 Å². The van der Waals surface area contributed by atoms with Crippen molar-refractivity contribution in [3.63, 3.8) is 0 Å². The number of aromatic nitrogens is 2. The van der Waals surface area contributed by atoms with Gasteiger partial charge in [0.15, 0.2) is 0 Å². The van der Waals surface area contributed by atoms with Gasteiger partial charge in [-0.3, -0.25) is 14.9 Å². The third kappa shape index (κ3) is 3.50. The van der Waals surface area contributed by atoms with Gasteiger partial charge in [-0.05, 0) is 18.6 Å². The monoisotopic (exact) mass is 338 g/mol. The van der Waals surface area contributed by atoms with E-state index in [9.17, 15) is 9.59 Å². The topological polar surface area (TPSA) is 111 Å². The summed E-state index contributed by atoms with van der Waals surface area (Å²) in [5, 5.41) is 7.41. The van der Waals surface area contributed by atoms with Crippen LogP contribution < -0.4 is 11.1 Å². The Bertz CT molecular complexity index is 933. The fourth-order valence-electron chi connectivity index (χ4n) is 2.50. The van der Waals surface area contributed by atoms with Crippen molar-refractivity contribution in [2.45, 2.75) is 26.2 Å². The molecule has 2 heterocycles. The molecule has 128 valence electrons. The highest BCUT2D eigenvalue weighted by atomic mass is 16.5. The number of rotatable bonds is 6. The van der Waals surface area contributed by atoms with Gasteiger partial charge in [0, 0.05) is 11.8 Å². The fourth-order valence-corrected chi connectivity index (χ4v) is 2.50. The molecule has 7 heteroatoms. The van der Waals surface area contributed by atoms with Crippen molar-refractivity contribution in [2.24, 2.45) is 5.73 Å². The Morgan fingerprint density at radius 1 is 1.20 bits per heavy atom. The number of hydrogen-bond acceptors (Lipinski definition) is 5. The number of nitrogens with zero attached hydrogens (tertiary/aromatic N) is 2. The summed E-state index contributed by atoms with van der Waals surface area (Å²) in [6.07, 6.45) is 1.96. The molecule has 0 atom stereocenters. The van der Waals surface area contributed by atoms with Crippen molar-refractivity contribution in [3.05, 3.63) is 42.0 Å². The molecule has 0 aliphatic rings. The van der Waals surface area contributed by atoms with Crippen LogP contribution in [-0.4, -0.2) is 22.0 Å². The molecule has 7 nitrogen and oxygen atoms in total. The molecule has 3 N–H and O–H groups in total. The average molecular weight is 338 g/mol. The first kappa shape index (κ1) is 16.6. The number of para-hydroxylation sites is 1. The minimum absolute atomic E-state index is 0.0210. The largest absolute Gasteiger partial charge is 0.365 e. The van der Waals surface area contributed by atoms with Crippen molar-refractivity contribution in [1.82, 2.24) is 10.1 Å². The van der Waals surface area contributed by atoms with Crippen LogP contribution in [-0.2, 0) is 4.79 Å². The lowest BCUT2D eigenvalue weighted by molar-refractivity contribution is -0.116. The zero-order valence-corrected chi connectivity index (χ0v) is 13.8. The summed E-state index contributed by atoms with van der Waals surface area (Å²) in [4.78, 5) is 28.3. The highest BCUT2D eigenvalue weighted by Crippen LogP contribution is 2.28. The van der Waals surface area contributed by atoms with E-state index in [1.54, 1.807) is 6.07 Å². The van der Waals surface area contributed by atoms with Crippen molar-refractivity contribution >= 4 is 28.6 Å². The van der Waals surface area contributed by atoms with Crippen LogP contribution in [0.4, 0.5) is 5.88 Å². The molecule has 0 unspecified atom stereocenters. The molecule has 0 spiro atoms. The first-order valence-electron chi connectivity index (χ1n) is 8.05. The number of carbonyl (C=O) groups excluding carboxylic acids is 2. The molecule has 1 aromatic carbocycles. The molecule has 0 fully saturated rings. The summed E-state index contributed by atoms with van der Waals surface area (Å²) in [6, 6.07) is 11.2. The Balaban J connectivity index is 1.98. The highest BCUT2D eigenvalue weighted by molar-refractivity contribution is 6.05. The molecule has 0 bridgehead atoms. The maximum Gasteiger partial charge on any atom is 0.256 e. The van der Waals surface area contributed by atoms with Crippen LogP contribution in [0.25, 0.3) is 22.3 Å². The fraction of sp³-hybridized carbons (Fsp3) is 0.222. The van der Waals surface area contributed by atoms with Crippen LogP contribution in [0.2, 0.25) is 0 Å². The summed E-state index contributed by atoms with van der Waals surface area (Å²) in [7, 11) is 0. The van der Waals surface area contributed by atoms with Crippen LogP contribution in [0.1, 0.15) is 36.5 Å². The van der Waals surface area contributed by atoms with Gasteiger partial charge in [-0.2, -0.15) is 0 Å². The van der Waals surface area contributed by atoms with E-state index in [4.69, 9.17) is 10.3 Å². The maximum absolute atomic E-state index is 11.9. The van der Waals surface area contributed by atoms with Gasteiger partial charge in [-0.1, -0.05) is 42.8 Å². The van der Waals surface area contributed by atoms with E-state index in [0.717, 1.165) is 23.7 Å². The second kappa shape index (κ2) is 7.12. The molecule has 0 saturated carbocycles. The van der Waals surface area contributed by atoms with Gasteiger partial charge in [-0.25, -0.2) is 4.98 Å². The number of primary amides is 1. The quantitative estimate of drug-likeness (QED) is 0.717. The smallest absolute Gasteiger partial charge is 0.256 e. The molecule has 25 heavy (non-hydrogen) atoms. The van der Waals surface area contributed by atoms with Gasteiger partial charge >= 0.3 is 0 Å². The Morgan fingerprint density at radius 2 is 2.00 bits per heavy atom. The number of pyridine rings is 1. The summed E-state index contributed by atoms with van der Waals surface area (Å²) >= 11 is 0. The van der Waals surface area contributed by atoms with E-state index in [2.05, 4.69) is 15.5 Å². The number of hydrogen-bond donors (Lipinski definition) is 2. The summed E-state index contributed by atoms with van der Waals surface area (Å²) in [5.74, 6) is -1.03. The number of amides is 2. The van der Waals surface area contributed by atoms with Crippen LogP contribution in [0, 0.1) is 0 Å². The molecule has 2 aromatic heterocycles. The van der Waals surface area contributed by atoms with Gasteiger partial charge < -0.3 is 10.3 Å². The lowest BCUT2D eigenvalue weighted by atomic mass is 10.1. The van der Waals surface area contributed by atoms with E-state index in [1.807, 2.05) is 37.3 Å². The lowest BCUT2D eigenvalue weighted by Crippen LogP contribution is -2.17. The average Bonchev–Trinajstić information content (AvgIpc) is 3.03. The molecule has 0 aliphatic heterocycles. The Kier molecular flexibility index (Phi) is 4.74. The number of anilines is 1. The van der Waals surface area contributed by atoms with Crippen LogP contribution in [0.5, 0.6) is 0 Å². The molecular weight excluding hydrogens is 320 g/mol. The molecule has 3 aromatic rings. The minimum Gasteiger partial charge on any atom is -0.365 e. The van der Waals surface area contributed by atoms with E-state index < -0.39 is 5.91 Å². The highest BCUT2D eigenvalue weighted by Gasteiger charge is 2.24. The zero-order chi connectivity index (χ0) is 17.8. The van der Waals surface area contributed by atoms with Crippen LogP contribution in [0.15, 0.2) is 40.9 Å². The molecular formula is C18H18N4O3. The second-order valence-corrected chi connectivity index (χ2v) is 5.64. The van der Waals surface area contributed by atoms with Crippen LogP contribution in [0.3, 0.4) is 0 Å². The minimum atomic E-state index is -0.739. The van der Waals surface area contributed by atoms with Crippen molar-refractivity contribution in [2.75, 3.05) is 5.32 Å². The number of nitrogens with two attached hydrogens (primary N) is 1. The van der Waals surface area contributed by atoms with Gasteiger partial charge in [0.1, 0.15) is 11.3 Å². The van der Waals surface area contributed by atoms with Crippen molar-refractivity contribution < 1.29 is 14.1 Å². The zero-order valence-electron chi connectivity index (χ0n) is 13.8. The second-order valence-electron chi connectivity index (χ2n) is 5.64. The molecule has 3 rings (SSSR count). The third-order valence-corrected chi connectivity index (χ3v) is 3.79. The summed E-state index contributed by atoms with van der Waals surface area (Å²) < 4.78 is 5.15. The predicted molar refractivity (Wildman–Crippen MR) is 93.9 cm³/mol. The standard InChI is InChI=1S/C18H18N4O3/c1-2-3-8-14(23)21-18-15(17(19)24)16(22-25-18)13-10-9-11-6-4-5-7-12(11)20-13/h4-7,9-10H,2-3,8H2,1H3,(H2,19,24)(H,21,23). The van der Waals surface area contributed by atoms with Gasteiger partial charge in [-0.15, -0.1) is 0 Å². The number of carbonyl (C=O) groups is 2. The number of unbranched alkanes of at least 4 members (excludes halogenated alkanes) is 1. The maximum atomic E-state index is 11.9.